The number of hydrogen-bond donors (Lipinski definition) is 0. The highest BCUT2D eigenvalue weighted by Gasteiger charge is 2.34. The molecule has 0 aliphatic heterocycles. The van der Waals surface area contributed by atoms with Gasteiger partial charge in [0.25, 0.3) is 0 Å². The summed E-state index contributed by atoms with van der Waals surface area (Å²) in [5.41, 5.74) is 20.8. The average molecular weight is 705 g/mol. The molecule has 0 N–H and O–H groups in total. The highest BCUT2D eigenvalue weighted by atomic mass is 14.3. The number of rotatable bonds is 5. The molecule has 0 radical (unpaired) electrons. The van der Waals surface area contributed by atoms with Crippen molar-refractivity contribution in [1.82, 2.24) is 0 Å². The van der Waals surface area contributed by atoms with Crippen LogP contribution in [0.15, 0.2) is 140 Å². The van der Waals surface area contributed by atoms with E-state index in [0.717, 1.165) is 12.8 Å². The molecule has 0 bridgehead atoms. The Bertz CT molecular complexity index is 2940. The zero-order valence-corrected chi connectivity index (χ0v) is 32.8. The first-order valence-electron chi connectivity index (χ1n) is 19.9. The first-order chi connectivity index (χ1) is 26.8. The Morgan fingerprint density at radius 3 is 1.44 bits per heavy atom. The SMILES string of the molecule is Cc1cc(C)c(B(c2cc(-c3cccc4ccccc34)c3ccc4ccc(-c5cccc6ccccc56)c5c4c3c2CC5)c2c(C)cc(C)cc2C)c(C)c1. The third-order valence-corrected chi connectivity index (χ3v) is 12.7. The largest absolute Gasteiger partial charge is 0.242 e. The first kappa shape index (κ1) is 33.6. The fourth-order valence-electron chi connectivity index (χ4n) is 10.7. The molecule has 0 atom stereocenters. The Hall–Kier alpha value is -5.92. The van der Waals surface area contributed by atoms with Crippen LogP contribution in [0.1, 0.15) is 44.5 Å². The molecule has 0 heterocycles. The number of fused-ring (bicyclic) bond motifs is 2. The van der Waals surface area contributed by atoms with Crippen molar-refractivity contribution in [3.8, 4) is 22.3 Å². The molecule has 1 heteroatoms. The summed E-state index contributed by atoms with van der Waals surface area (Å²) in [6.45, 7) is 13.9. The second-order valence-corrected chi connectivity index (χ2v) is 16.3. The zero-order chi connectivity index (χ0) is 37.5. The monoisotopic (exact) mass is 704 g/mol. The quantitative estimate of drug-likeness (QED) is 0.124. The number of benzene rings is 9. The van der Waals surface area contributed by atoms with Gasteiger partial charge >= 0.3 is 0 Å². The van der Waals surface area contributed by atoms with Crippen molar-refractivity contribution in [3.05, 3.63) is 184 Å². The molecule has 0 aromatic heterocycles. The van der Waals surface area contributed by atoms with Gasteiger partial charge in [-0.1, -0.05) is 189 Å². The molecule has 9 aromatic carbocycles. The summed E-state index contributed by atoms with van der Waals surface area (Å²) in [5.74, 6) is 0. The maximum atomic E-state index is 2.62. The minimum atomic E-state index is 0.0902. The van der Waals surface area contributed by atoms with Gasteiger partial charge in [-0.25, -0.2) is 0 Å². The molecular formula is C54H45B. The predicted molar refractivity (Wildman–Crippen MR) is 241 cm³/mol. The van der Waals surface area contributed by atoms with Gasteiger partial charge in [0.2, 0.25) is 6.71 Å². The van der Waals surface area contributed by atoms with Crippen molar-refractivity contribution >= 4 is 66.2 Å². The van der Waals surface area contributed by atoms with Crippen LogP contribution in [0, 0.1) is 41.5 Å². The lowest BCUT2D eigenvalue weighted by Gasteiger charge is -2.31. The van der Waals surface area contributed by atoms with Crippen molar-refractivity contribution in [2.75, 3.05) is 0 Å². The Kier molecular flexibility index (Phi) is 7.86. The average Bonchev–Trinajstić information content (AvgIpc) is 3.18. The van der Waals surface area contributed by atoms with E-state index in [4.69, 9.17) is 0 Å². The molecule has 0 spiro atoms. The normalized spacial score (nSPS) is 12.4. The molecule has 10 rings (SSSR count). The summed E-state index contributed by atoms with van der Waals surface area (Å²) in [7, 11) is 0. The van der Waals surface area contributed by atoms with Crippen LogP contribution in [-0.2, 0) is 12.8 Å². The van der Waals surface area contributed by atoms with Gasteiger partial charge < -0.3 is 0 Å². The topological polar surface area (TPSA) is 0 Å². The lowest BCUT2D eigenvalue weighted by Crippen LogP contribution is -2.57. The molecule has 1 aliphatic carbocycles. The van der Waals surface area contributed by atoms with Gasteiger partial charge in [0.05, 0.1) is 0 Å². The second kappa shape index (κ2) is 12.8. The highest BCUT2D eigenvalue weighted by molar-refractivity contribution is 6.97. The fourth-order valence-corrected chi connectivity index (χ4v) is 10.7. The van der Waals surface area contributed by atoms with Gasteiger partial charge in [-0.15, -0.1) is 0 Å². The molecule has 55 heavy (non-hydrogen) atoms. The van der Waals surface area contributed by atoms with Crippen molar-refractivity contribution in [2.24, 2.45) is 0 Å². The Morgan fingerprint density at radius 2 is 0.855 bits per heavy atom. The Labute approximate surface area is 325 Å². The first-order valence-corrected chi connectivity index (χ1v) is 19.9. The molecule has 264 valence electrons. The van der Waals surface area contributed by atoms with Crippen LogP contribution in [0.3, 0.4) is 0 Å². The maximum Gasteiger partial charge on any atom is 0.242 e. The lowest BCUT2D eigenvalue weighted by molar-refractivity contribution is 0.976. The Morgan fingerprint density at radius 1 is 0.364 bits per heavy atom. The van der Waals surface area contributed by atoms with Gasteiger partial charge in [-0.3, -0.25) is 0 Å². The zero-order valence-electron chi connectivity index (χ0n) is 32.8. The minimum absolute atomic E-state index is 0.0902. The van der Waals surface area contributed by atoms with Crippen molar-refractivity contribution in [1.29, 1.82) is 0 Å². The van der Waals surface area contributed by atoms with Crippen LogP contribution in [0.5, 0.6) is 0 Å². The summed E-state index contributed by atoms with van der Waals surface area (Å²) in [6.07, 6.45) is 2.01. The standard InChI is InChI=1S/C54H45B/c1-32-27-34(3)53(35(4)28-32)55(54-36(5)29-33(2)30-37(54)6)50-31-49(44-20-12-16-39-14-8-10-18-42(39)44)47-24-22-40-21-23-45(46-25-26-48(50)52(47)51(40)46)43-19-11-15-38-13-7-9-17-41(38)43/h7-24,27-31H,25-26H2,1-6H3. The van der Waals surface area contributed by atoms with Crippen LogP contribution in [-0.4, -0.2) is 6.71 Å². The number of aryl methyl sites for hydroxylation is 8. The predicted octanol–water partition coefficient (Wildman–Crippen LogP) is 12.1. The van der Waals surface area contributed by atoms with E-state index in [0.29, 0.717) is 0 Å². The van der Waals surface area contributed by atoms with E-state index in [-0.39, 0.29) is 6.71 Å². The van der Waals surface area contributed by atoms with Gasteiger partial charge in [0.15, 0.2) is 0 Å². The van der Waals surface area contributed by atoms with Crippen LogP contribution in [0.25, 0.3) is 65.3 Å². The van der Waals surface area contributed by atoms with Gasteiger partial charge in [-0.2, -0.15) is 0 Å². The van der Waals surface area contributed by atoms with Crippen molar-refractivity contribution in [2.45, 2.75) is 54.4 Å². The lowest BCUT2D eigenvalue weighted by atomic mass is 9.33. The summed E-state index contributed by atoms with van der Waals surface area (Å²) < 4.78 is 0. The summed E-state index contributed by atoms with van der Waals surface area (Å²) in [4.78, 5) is 0. The molecular weight excluding hydrogens is 659 g/mol. The minimum Gasteiger partial charge on any atom is -0.0642 e. The molecule has 0 fully saturated rings. The van der Waals surface area contributed by atoms with E-state index >= 15 is 0 Å². The molecule has 0 saturated heterocycles. The van der Waals surface area contributed by atoms with Crippen LogP contribution >= 0.6 is 0 Å². The van der Waals surface area contributed by atoms with E-state index in [1.807, 2.05) is 0 Å². The van der Waals surface area contributed by atoms with Gasteiger partial charge in [-0.05, 0) is 131 Å². The van der Waals surface area contributed by atoms with Crippen molar-refractivity contribution < 1.29 is 0 Å². The molecule has 0 nitrogen and oxygen atoms in total. The fraction of sp³-hybridized carbons (Fsp3) is 0.148. The molecule has 0 saturated carbocycles. The van der Waals surface area contributed by atoms with E-state index in [9.17, 15) is 0 Å². The highest BCUT2D eigenvalue weighted by Crippen LogP contribution is 2.45. The van der Waals surface area contributed by atoms with Gasteiger partial charge in [0, 0.05) is 0 Å². The summed E-state index contributed by atoms with van der Waals surface area (Å²) >= 11 is 0. The van der Waals surface area contributed by atoms with Crippen LogP contribution in [0.2, 0.25) is 0 Å². The molecule has 0 amide bonds. The molecule has 0 unspecified atom stereocenters. The van der Waals surface area contributed by atoms with E-state index in [2.05, 4.69) is 181 Å². The van der Waals surface area contributed by atoms with E-state index < -0.39 is 0 Å². The van der Waals surface area contributed by atoms with E-state index in [1.165, 1.54) is 126 Å². The van der Waals surface area contributed by atoms with Gasteiger partial charge in [0.1, 0.15) is 0 Å². The van der Waals surface area contributed by atoms with Crippen molar-refractivity contribution in [3.63, 3.8) is 0 Å². The summed E-state index contributed by atoms with van der Waals surface area (Å²) in [6, 6.07) is 53.2. The third-order valence-electron chi connectivity index (χ3n) is 12.7. The Balaban J connectivity index is 1.39. The second-order valence-electron chi connectivity index (χ2n) is 16.3. The summed E-state index contributed by atoms with van der Waals surface area (Å²) in [5, 5.41) is 10.7. The van der Waals surface area contributed by atoms with Crippen LogP contribution < -0.4 is 16.4 Å². The smallest absolute Gasteiger partial charge is 0.0642 e. The maximum absolute atomic E-state index is 2.62. The third kappa shape index (κ3) is 5.28. The molecule has 9 aromatic rings. The molecule has 1 aliphatic rings. The number of hydrogen-bond acceptors (Lipinski definition) is 0. The van der Waals surface area contributed by atoms with E-state index in [1.54, 1.807) is 0 Å². The van der Waals surface area contributed by atoms with Crippen LogP contribution in [0.4, 0.5) is 0 Å².